The zero-order chi connectivity index (χ0) is 15.6. The summed E-state index contributed by atoms with van der Waals surface area (Å²) in [5.74, 6) is 0.201. The van der Waals surface area contributed by atoms with Crippen molar-refractivity contribution >= 4 is 6.09 Å². The summed E-state index contributed by atoms with van der Waals surface area (Å²) >= 11 is 0. The summed E-state index contributed by atoms with van der Waals surface area (Å²) in [7, 11) is 0. The molecule has 3 N–H and O–H groups in total. The normalized spacial score (nSPS) is 11.7. The van der Waals surface area contributed by atoms with Gasteiger partial charge in [-0.15, -0.1) is 0 Å². The molecule has 2 rings (SSSR count). The van der Waals surface area contributed by atoms with Crippen LogP contribution in [0.15, 0.2) is 60.7 Å². The SMILES string of the molecule is NC[C@@H](CNC(=O)OCc1ccccc1)Cc1ccccc1. The molecule has 1 atom stereocenters. The van der Waals surface area contributed by atoms with Gasteiger partial charge >= 0.3 is 6.09 Å². The summed E-state index contributed by atoms with van der Waals surface area (Å²) in [5.41, 5.74) is 7.97. The summed E-state index contributed by atoms with van der Waals surface area (Å²) < 4.78 is 5.18. The van der Waals surface area contributed by atoms with Gasteiger partial charge in [-0.3, -0.25) is 0 Å². The first-order valence-corrected chi connectivity index (χ1v) is 7.46. The summed E-state index contributed by atoms with van der Waals surface area (Å²) in [5, 5.41) is 2.78. The van der Waals surface area contributed by atoms with Gasteiger partial charge in [-0.25, -0.2) is 4.79 Å². The highest BCUT2D eigenvalue weighted by Crippen LogP contribution is 2.07. The molecule has 2 aromatic rings. The van der Waals surface area contributed by atoms with Gasteiger partial charge in [0.05, 0.1) is 0 Å². The Morgan fingerprint density at radius 3 is 2.18 bits per heavy atom. The second-order valence-corrected chi connectivity index (χ2v) is 5.23. The molecule has 0 aromatic heterocycles. The highest BCUT2D eigenvalue weighted by Gasteiger charge is 2.10. The number of rotatable bonds is 7. The van der Waals surface area contributed by atoms with Crippen molar-refractivity contribution in [2.45, 2.75) is 13.0 Å². The fourth-order valence-electron chi connectivity index (χ4n) is 2.19. The highest BCUT2D eigenvalue weighted by atomic mass is 16.5. The van der Waals surface area contributed by atoms with Crippen LogP contribution in [-0.4, -0.2) is 19.2 Å². The van der Waals surface area contributed by atoms with Gasteiger partial charge in [-0.2, -0.15) is 0 Å². The predicted molar refractivity (Wildman–Crippen MR) is 87.3 cm³/mol. The zero-order valence-electron chi connectivity index (χ0n) is 12.6. The van der Waals surface area contributed by atoms with Crippen LogP contribution in [0.25, 0.3) is 0 Å². The van der Waals surface area contributed by atoms with E-state index in [9.17, 15) is 4.79 Å². The monoisotopic (exact) mass is 298 g/mol. The molecule has 0 saturated carbocycles. The number of nitrogens with one attached hydrogen (secondary N) is 1. The quantitative estimate of drug-likeness (QED) is 0.826. The van der Waals surface area contributed by atoms with E-state index in [1.165, 1.54) is 5.56 Å². The van der Waals surface area contributed by atoms with Crippen molar-refractivity contribution in [3.05, 3.63) is 71.8 Å². The first-order valence-electron chi connectivity index (χ1n) is 7.46. The Morgan fingerprint density at radius 1 is 1.00 bits per heavy atom. The number of hydrogen-bond acceptors (Lipinski definition) is 3. The topological polar surface area (TPSA) is 64.3 Å². The van der Waals surface area contributed by atoms with Crippen molar-refractivity contribution in [3.63, 3.8) is 0 Å². The van der Waals surface area contributed by atoms with E-state index in [2.05, 4.69) is 17.4 Å². The molecule has 4 nitrogen and oxygen atoms in total. The first kappa shape index (κ1) is 16.0. The third kappa shape index (κ3) is 5.58. The minimum absolute atomic E-state index is 0.201. The molecule has 0 radical (unpaired) electrons. The van der Waals surface area contributed by atoms with Crippen LogP contribution in [0, 0.1) is 5.92 Å². The molecule has 22 heavy (non-hydrogen) atoms. The number of carbonyl (C=O) groups excluding carboxylic acids is 1. The van der Waals surface area contributed by atoms with Gasteiger partial charge < -0.3 is 15.8 Å². The van der Waals surface area contributed by atoms with Gasteiger partial charge in [0.15, 0.2) is 0 Å². The van der Waals surface area contributed by atoms with Crippen LogP contribution in [-0.2, 0) is 17.8 Å². The van der Waals surface area contributed by atoms with Gasteiger partial charge in [-0.1, -0.05) is 60.7 Å². The van der Waals surface area contributed by atoms with Crippen LogP contribution in [0.1, 0.15) is 11.1 Å². The fourth-order valence-corrected chi connectivity index (χ4v) is 2.19. The maximum absolute atomic E-state index is 11.7. The summed E-state index contributed by atoms with van der Waals surface area (Å²) in [6.07, 6.45) is 0.436. The molecule has 0 aliphatic carbocycles. The van der Waals surface area contributed by atoms with E-state index < -0.39 is 6.09 Å². The molecule has 2 aromatic carbocycles. The molecular formula is C18H22N2O2. The third-order valence-corrected chi connectivity index (χ3v) is 3.45. The Labute approximate surface area is 131 Å². The van der Waals surface area contributed by atoms with Crippen LogP contribution >= 0.6 is 0 Å². The molecule has 0 spiro atoms. The van der Waals surface area contributed by atoms with E-state index in [0.29, 0.717) is 13.1 Å². The third-order valence-electron chi connectivity index (χ3n) is 3.45. The lowest BCUT2D eigenvalue weighted by molar-refractivity contribution is 0.138. The second-order valence-electron chi connectivity index (χ2n) is 5.23. The molecular weight excluding hydrogens is 276 g/mol. The van der Waals surface area contributed by atoms with E-state index in [-0.39, 0.29) is 12.5 Å². The molecule has 0 aliphatic heterocycles. The van der Waals surface area contributed by atoms with Crippen LogP contribution in [0.5, 0.6) is 0 Å². The van der Waals surface area contributed by atoms with E-state index >= 15 is 0 Å². The zero-order valence-corrected chi connectivity index (χ0v) is 12.6. The molecule has 4 heteroatoms. The second kappa shape index (κ2) is 8.85. The number of nitrogens with two attached hydrogens (primary N) is 1. The molecule has 1 amide bonds. The van der Waals surface area contributed by atoms with E-state index in [4.69, 9.17) is 10.5 Å². The van der Waals surface area contributed by atoms with Gasteiger partial charge in [0.25, 0.3) is 0 Å². The van der Waals surface area contributed by atoms with E-state index in [1.54, 1.807) is 0 Å². The van der Waals surface area contributed by atoms with Crippen molar-refractivity contribution in [2.24, 2.45) is 11.7 Å². The molecule has 0 saturated heterocycles. The van der Waals surface area contributed by atoms with Crippen molar-refractivity contribution in [1.82, 2.24) is 5.32 Å². The number of carbonyl (C=O) groups is 1. The van der Waals surface area contributed by atoms with Crippen LogP contribution in [0.3, 0.4) is 0 Å². The lowest BCUT2D eigenvalue weighted by atomic mass is 9.99. The summed E-state index contributed by atoms with van der Waals surface area (Å²) in [6.45, 7) is 1.31. The Kier molecular flexibility index (Phi) is 6.45. The van der Waals surface area contributed by atoms with Gasteiger partial charge in [0.1, 0.15) is 6.61 Å². The van der Waals surface area contributed by atoms with Crippen LogP contribution < -0.4 is 11.1 Å². The molecule has 0 heterocycles. The Bertz CT molecular complexity index is 558. The molecule has 0 bridgehead atoms. The Hall–Kier alpha value is -2.33. The van der Waals surface area contributed by atoms with E-state index in [1.807, 2.05) is 48.5 Å². The number of amides is 1. The lowest BCUT2D eigenvalue weighted by Gasteiger charge is -2.15. The average molecular weight is 298 g/mol. The lowest BCUT2D eigenvalue weighted by Crippen LogP contribution is -2.34. The predicted octanol–water partition coefficient (Wildman–Crippen LogP) is 2.73. The number of ether oxygens (including phenoxy) is 1. The largest absolute Gasteiger partial charge is 0.445 e. The molecule has 0 unspecified atom stereocenters. The average Bonchev–Trinajstić information content (AvgIpc) is 2.58. The minimum atomic E-state index is -0.407. The van der Waals surface area contributed by atoms with Crippen molar-refractivity contribution in [3.8, 4) is 0 Å². The molecule has 0 aliphatic rings. The molecule has 116 valence electrons. The van der Waals surface area contributed by atoms with Gasteiger partial charge in [-0.05, 0) is 30.0 Å². The number of alkyl carbamates (subject to hydrolysis) is 1. The van der Waals surface area contributed by atoms with Crippen molar-refractivity contribution < 1.29 is 9.53 Å². The van der Waals surface area contributed by atoms with Crippen LogP contribution in [0.2, 0.25) is 0 Å². The smallest absolute Gasteiger partial charge is 0.407 e. The minimum Gasteiger partial charge on any atom is -0.445 e. The number of hydrogen-bond donors (Lipinski definition) is 2. The molecule has 0 fully saturated rings. The van der Waals surface area contributed by atoms with Crippen molar-refractivity contribution in [1.29, 1.82) is 0 Å². The summed E-state index contributed by atoms with van der Waals surface area (Å²) in [4.78, 5) is 11.7. The highest BCUT2D eigenvalue weighted by molar-refractivity contribution is 5.67. The Balaban J connectivity index is 1.72. The van der Waals surface area contributed by atoms with Crippen molar-refractivity contribution in [2.75, 3.05) is 13.1 Å². The van der Waals surface area contributed by atoms with Crippen LogP contribution in [0.4, 0.5) is 4.79 Å². The van der Waals surface area contributed by atoms with Gasteiger partial charge in [0.2, 0.25) is 0 Å². The fraction of sp³-hybridized carbons (Fsp3) is 0.278. The van der Waals surface area contributed by atoms with E-state index in [0.717, 1.165) is 12.0 Å². The standard InChI is InChI=1S/C18H22N2O2/c19-12-17(11-15-7-3-1-4-8-15)13-20-18(21)22-14-16-9-5-2-6-10-16/h1-10,17H,11-14,19H2,(H,20,21)/t17-/m0/s1. The van der Waals surface area contributed by atoms with Gasteiger partial charge in [0, 0.05) is 6.54 Å². The maximum atomic E-state index is 11.7. The summed E-state index contributed by atoms with van der Waals surface area (Å²) in [6, 6.07) is 19.7. The first-order chi connectivity index (χ1) is 10.8. The maximum Gasteiger partial charge on any atom is 0.407 e. The number of benzene rings is 2. The Morgan fingerprint density at radius 2 is 1.59 bits per heavy atom.